The Labute approximate surface area is 164 Å². The molecule has 0 bridgehead atoms. The molecule has 1 amide bonds. The first-order valence-electron chi connectivity index (χ1n) is 8.42. The lowest BCUT2D eigenvalue weighted by molar-refractivity contribution is -0.122. The maximum atomic E-state index is 12.4. The van der Waals surface area contributed by atoms with E-state index >= 15 is 0 Å². The monoisotopic (exact) mass is 400 g/mol. The number of fused-ring (bicyclic) bond motifs is 1. The van der Waals surface area contributed by atoms with Crippen molar-refractivity contribution in [2.24, 2.45) is 5.10 Å². The number of phenolic OH excluding ortho intramolecular Hbond substituents is 1. The highest BCUT2D eigenvalue weighted by atomic mass is 35.5. The molecule has 6 nitrogen and oxygen atoms in total. The molecule has 0 saturated carbocycles. The first kappa shape index (κ1) is 17.9. The Kier molecular flexibility index (Phi) is 5.09. The molecule has 27 heavy (non-hydrogen) atoms. The average molecular weight is 401 g/mol. The van der Waals surface area contributed by atoms with E-state index in [1.54, 1.807) is 6.07 Å². The normalized spacial score (nSPS) is 19.7. The van der Waals surface area contributed by atoms with Crippen LogP contribution in [0, 0.1) is 0 Å². The second kappa shape index (κ2) is 7.66. The molecule has 138 valence electrons. The number of phenols is 1. The maximum absolute atomic E-state index is 12.4. The average Bonchev–Trinajstić information content (AvgIpc) is 3.32. The molecule has 1 fully saturated rings. The van der Waals surface area contributed by atoms with Crippen LogP contribution in [0.3, 0.4) is 0 Å². The number of hydrazone groups is 1. The number of hydrogen-bond acceptors (Lipinski definition) is 6. The molecule has 0 aliphatic carbocycles. The molecule has 3 aromatic rings. The van der Waals surface area contributed by atoms with Gasteiger partial charge >= 0.3 is 0 Å². The molecule has 4 rings (SSSR count). The van der Waals surface area contributed by atoms with Crippen LogP contribution in [0.4, 0.5) is 0 Å². The van der Waals surface area contributed by atoms with Crippen LogP contribution in [-0.2, 0) is 4.79 Å². The van der Waals surface area contributed by atoms with E-state index in [-0.39, 0.29) is 17.7 Å². The molecule has 2 aromatic carbocycles. The van der Waals surface area contributed by atoms with Gasteiger partial charge in [-0.1, -0.05) is 41.9 Å². The summed E-state index contributed by atoms with van der Waals surface area (Å²) in [5, 5.41) is 16.0. The van der Waals surface area contributed by atoms with Gasteiger partial charge in [-0.2, -0.15) is 5.10 Å². The number of rotatable bonds is 4. The number of nitrogens with zero attached hydrogens (tertiary/aromatic N) is 1. The van der Waals surface area contributed by atoms with Gasteiger partial charge < -0.3 is 5.11 Å². The molecule has 1 aromatic heterocycles. The number of nitrogens with one attached hydrogen (secondary N) is 3. The van der Waals surface area contributed by atoms with E-state index in [0.29, 0.717) is 12.0 Å². The Hall–Kier alpha value is -2.45. The Morgan fingerprint density at radius 1 is 1.22 bits per heavy atom. The zero-order chi connectivity index (χ0) is 18.8. The Balaban J connectivity index is 1.42. The van der Waals surface area contributed by atoms with Gasteiger partial charge in [-0.15, -0.1) is 11.3 Å². The lowest BCUT2D eigenvalue weighted by Crippen LogP contribution is -2.41. The van der Waals surface area contributed by atoms with Crippen LogP contribution in [0.5, 0.6) is 5.75 Å². The highest BCUT2D eigenvalue weighted by Crippen LogP contribution is 2.31. The minimum Gasteiger partial charge on any atom is -0.507 e. The van der Waals surface area contributed by atoms with Crippen molar-refractivity contribution in [3.63, 3.8) is 0 Å². The Bertz CT molecular complexity index is 1020. The molecule has 2 atom stereocenters. The lowest BCUT2D eigenvalue weighted by atomic mass is 10.0. The van der Waals surface area contributed by atoms with Gasteiger partial charge in [-0.05, 0) is 35.4 Å². The third-order valence-electron chi connectivity index (χ3n) is 4.47. The van der Waals surface area contributed by atoms with Crippen molar-refractivity contribution in [2.45, 2.75) is 18.5 Å². The number of halogens is 1. The highest BCUT2D eigenvalue weighted by molar-refractivity contribution is 7.16. The summed E-state index contributed by atoms with van der Waals surface area (Å²) in [4.78, 5) is 13.4. The summed E-state index contributed by atoms with van der Waals surface area (Å²) in [6, 6.07) is 14.6. The minimum absolute atomic E-state index is 0.0318. The van der Waals surface area contributed by atoms with Gasteiger partial charge in [0.1, 0.15) is 11.8 Å². The first-order valence-corrected chi connectivity index (χ1v) is 9.61. The molecule has 1 aliphatic heterocycles. The predicted molar refractivity (Wildman–Crippen MR) is 108 cm³/mol. The quantitative estimate of drug-likeness (QED) is 0.400. The third kappa shape index (κ3) is 3.81. The Morgan fingerprint density at radius 2 is 2.07 bits per heavy atom. The molecule has 0 radical (unpaired) electrons. The number of carbonyl (C=O) groups is 1. The zero-order valence-corrected chi connectivity index (χ0v) is 15.7. The topological polar surface area (TPSA) is 85.8 Å². The summed E-state index contributed by atoms with van der Waals surface area (Å²) in [6.07, 6.45) is 2.06. The molecular formula is C19H17ClN4O2S. The van der Waals surface area contributed by atoms with Crippen LogP contribution in [-0.4, -0.2) is 23.3 Å². The van der Waals surface area contributed by atoms with Crippen molar-refractivity contribution in [1.29, 1.82) is 0 Å². The highest BCUT2D eigenvalue weighted by Gasteiger charge is 2.30. The van der Waals surface area contributed by atoms with Crippen LogP contribution in [0.2, 0.25) is 4.34 Å². The van der Waals surface area contributed by atoms with Crippen molar-refractivity contribution in [2.75, 3.05) is 0 Å². The third-order valence-corrected chi connectivity index (χ3v) is 5.82. The summed E-state index contributed by atoms with van der Waals surface area (Å²) in [5.41, 5.74) is 9.19. The number of carbonyl (C=O) groups excluding carboxylic acids is 1. The fraction of sp³-hybridized carbons (Fsp3) is 0.158. The smallest absolute Gasteiger partial charge is 0.258 e. The minimum atomic E-state index is -0.408. The molecule has 1 aliphatic rings. The van der Waals surface area contributed by atoms with Gasteiger partial charge in [-0.3, -0.25) is 4.79 Å². The lowest BCUT2D eigenvalue weighted by Gasteiger charge is -2.07. The van der Waals surface area contributed by atoms with Crippen molar-refractivity contribution in [3.05, 3.63) is 63.3 Å². The molecule has 2 heterocycles. The van der Waals surface area contributed by atoms with Crippen LogP contribution in [0.1, 0.15) is 22.9 Å². The van der Waals surface area contributed by atoms with Gasteiger partial charge in [0, 0.05) is 10.4 Å². The fourth-order valence-electron chi connectivity index (χ4n) is 3.09. The number of aromatic hydroxyl groups is 1. The molecule has 8 heteroatoms. The molecule has 4 N–H and O–H groups in total. The van der Waals surface area contributed by atoms with Gasteiger partial charge in [0.2, 0.25) is 0 Å². The fourth-order valence-corrected chi connectivity index (χ4v) is 4.21. The van der Waals surface area contributed by atoms with Crippen molar-refractivity contribution in [3.8, 4) is 5.75 Å². The number of benzene rings is 2. The van der Waals surface area contributed by atoms with Crippen molar-refractivity contribution in [1.82, 2.24) is 16.3 Å². The molecular weight excluding hydrogens is 384 g/mol. The van der Waals surface area contributed by atoms with E-state index in [0.717, 1.165) is 20.0 Å². The SMILES string of the molecule is O=C(N/N=C/c1c(O)ccc2ccccc12)C1CC(c2ccc(Cl)s2)NN1. The van der Waals surface area contributed by atoms with E-state index in [9.17, 15) is 9.90 Å². The van der Waals surface area contributed by atoms with E-state index < -0.39 is 6.04 Å². The molecule has 0 spiro atoms. The van der Waals surface area contributed by atoms with Crippen LogP contribution < -0.4 is 16.3 Å². The molecule has 1 saturated heterocycles. The summed E-state index contributed by atoms with van der Waals surface area (Å²) in [5.74, 6) is -0.134. The summed E-state index contributed by atoms with van der Waals surface area (Å²) in [7, 11) is 0. The summed E-state index contributed by atoms with van der Waals surface area (Å²) >= 11 is 7.46. The number of hydrogen-bond donors (Lipinski definition) is 4. The standard InChI is InChI=1S/C19H17ClN4O2S/c20-18-8-7-17(27-18)14-9-15(23-22-14)19(26)24-21-10-13-12-4-2-1-3-11(12)5-6-16(13)25/h1-8,10,14-15,22-23,25H,9H2,(H,24,26)/b21-10+. The van der Waals surface area contributed by atoms with Gasteiger partial charge in [0.15, 0.2) is 0 Å². The summed E-state index contributed by atoms with van der Waals surface area (Å²) < 4.78 is 0.721. The van der Waals surface area contributed by atoms with Crippen LogP contribution >= 0.6 is 22.9 Å². The predicted octanol–water partition coefficient (Wildman–Crippen LogP) is 3.32. The van der Waals surface area contributed by atoms with E-state index in [1.807, 2.05) is 42.5 Å². The largest absolute Gasteiger partial charge is 0.507 e. The van der Waals surface area contributed by atoms with E-state index in [1.165, 1.54) is 17.6 Å². The van der Waals surface area contributed by atoms with Crippen LogP contribution in [0.25, 0.3) is 10.8 Å². The Morgan fingerprint density at radius 3 is 2.89 bits per heavy atom. The second-order valence-electron chi connectivity index (χ2n) is 6.23. The summed E-state index contributed by atoms with van der Waals surface area (Å²) in [6.45, 7) is 0. The zero-order valence-electron chi connectivity index (χ0n) is 14.1. The number of hydrazine groups is 1. The van der Waals surface area contributed by atoms with Crippen molar-refractivity contribution < 1.29 is 9.90 Å². The maximum Gasteiger partial charge on any atom is 0.258 e. The number of amides is 1. The van der Waals surface area contributed by atoms with E-state index in [2.05, 4.69) is 21.4 Å². The van der Waals surface area contributed by atoms with E-state index in [4.69, 9.17) is 11.6 Å². The van der Waals surface area contributed by atoms with Gasteiger partial charge in [0.25, 0.3) is 5.91 Å². The van der Waals surface area contributed by atoms with Gasteiger partial charge in [0.05, 0.1) is 16.6 Å². The van der Waals surface area contributed by atoms with Crippen molar-refractivity contribution >= 4 is 45.8 Å². The second-order valence-corrected chi connectivity index (χ2v) is 7.97. The van der Waals surface area contributed by atoms with Crippen LogP contribution in [0.15, 0.2) is 53.6 Å². The first-order chi connectivity index (χ1) is 13.1. The number of thiophene rings is 1. The molecule has 2 unspecified atom stereocenters. The van der Waals surface area contributed by atoms with Gasteiger partial charge in [-0.25, -0.2) is 16.3 Å².